The Kier molecular flexibility index (Phi) is 2.79. The molecule has 2 atom stereocenters. The second-order valence-corrected chi connectivity index (χ2v) is 4.52. The van der Waals surface area contributed by atoms with Crippen LogP contribution < -0.4 is 5.32 Å². The van der Waals surface area contributed by atoms with Crippen LogP contribution in [0.2, 0.25) is 0 Å². The van der Waals surface area contributed by atoms with Crippen LogP contribution in [0.1, 0.15) is 23.0 Å². The molecule has 0 amide bonds. The highest BCUT2D eigenvalue weighted by Crippen LogP contribution is 2.28. The molecule has 2 heterocycles. The second kappa shape index (κ2) is 4.47. The Labute approximate surface area is 108 Å². The third kappa shape index (κ3) is 2.10. The molecule has 1 aliphatic rings. The van der Waals surface area contributed by atoms with Gasteiger partial charge < -0.3 is 10.1 Å². The quantitative estimate of drug-likeness (QED) is 0.760. The Morgan fingerprint density at radius 1 is 1.47 bits per heavy atom. The number of hydrogen-bond donors (Lipinski definition) is 3. The van der Waals surface area contributed by atoms with Gasteiger partial charge in [-0.3, -0.25) is 10.1 Å². The van der Waals surface area contributed by atoms with E-state index in [0.29, 0.717) is 12.0 Å². The summed E-state index contributed by atoms with van der Waals surface area (Å²) in [5.41, 5.74) is 2.17. The minimum absolute atomic E-state index is 0.344. The summed E-state index contributed by atoms with van der Waals surface area (Å²) in [6.45, 7) is 0. The number of rotatable bonds is 2. The fourth-order valence-electron chi connectivity index (χ4n) is 2.39. The lowest BCUT2D eigenvalue weighted by Crippen LogP contribution is -2.45. The molecule has 0 fully saturated rings. The maximum absolute atomic E-state index is 13.3. The van der Waals surface area contributed by atoms with E-state index in [4.69, 9.17) is 5.11 Å². The normalized spacial score (nSPS) is 21.9. The third-order valence-corrected chi connectivity index (χ3v) is 3.28. The van der Waals surface area contributed by atoms with Crippen molar-refractivity contribution in [1.82, 2.24) is 15.3 Å². The van der Waals surface area contributed by atoms with E-state index in [-0.39, 0.29) is 5.82 Å². The zero-order valence-corrected chi connectivity index (χ0v) is 9.93. The maximum Gasteiger partial charge on any atom is 0.321 e. The second-order valence-electron chi connectivity index (χ2n) is 4.52. The monoisotopic (exact) mass is 261 g/mol. The number of nitrogens with one attached hydrogen (secondary N) is 2. The van der Waals surface area contributed by atoms with Gasteiger partial charge in [-0.05, 0) is 17.7 Å². The van der Waals surface area contributed by atoms with Crippen LogP contribution in [0.3, 0.4) is 0 Å². The zero-order valence-electron chi connectivity index (χ0n) is 9.93. The number of aromatic amines is 1. The SMILES string of the molecule is O=C(O)C1Cc2[nH]cnc2C(c2cccc(F)c2)N1. The topological polar surface area (TPSA) is 78.0 Å². The molecule has 0 aliphatic carbocycles. The van der Waals surface area contributed by atoms with Crippen molar-refractivity contribution in [3.8, 4) is 0 Å². The molecule has 0 spiro atoms. The number of carboxylic acid groups (broad SMARTS) is 1. The summed E-state index contributed by atoms with van der Waals surface area (Å²) in [6.07, 6.45) is 1.87. The minimum atomic E-state index is -0.929. The molecular formula is C13H12FN3O2. The van der Waals surface area contributed by atoms with Gasteiger partial charge in [0.05, 0.1) is 18.1 Å². The van der Waals surface area contributed by atoms with Crippen LogP contribution in [-0.2, 0) is 11.2 Å². The van der Waals surface area contributed by atoms with E-state index in [2.05, 4.69) is 15.3 Å². The first-order valence-corrected chi connectivity index (χ1v) is 5.91. The van der Waals surface area contributed by atoms with Crippen molar-refractivity contribution < 1.29 is 14.3 Å². The van der Waals surface area contributed by atoms with E-state index in [1.54, 1.807) is 12.1 Å². The molecule has 1 aliphatic heterocycles. The lowest BCUT2D eigenvalue weighted by molar-refractivity contribution is -0.139. The number of halogens is 1. The van der Waals surface area contributed by atoms with E-state index in [9.17, 15) is 9.18 Å². The number of benzene rings is 1. The highest BCUT2D eigenvalue weighted by molar-refractivity contribution is 5.74. The van der Waals surface area contributed by atoms with E-state index < -0.39 is 18.1 Å². The van der Waals surface area contributed by atoms with Crippen molar-refractivity contribution in [1.29, 1.82) is 0 Å². The third-order valence-electron chi connectivity index (χ3n) is 3.28. The van der Waals surface area contributed by atoms with Crippen molar-refractivity contribution in [3.05, 3.63) is 53.4 Å². The summed E-state index contributed by atoms with van der Waals surface area (Å²) in [6, 6.07) is 4.98. The molecule has 2 aromatic rings. The molecule has 0 radical (unpaired) electrons. The largest absolute Gasteiger partial charge is 0.480 e. The average molecular weight is 261 g/mol. The fraction of sp³-hybridized carbons (Fsp3) is 0.231. The predicted molar refractivity (Wildman–Crippen MR) is 65.1 cm³/mol. The van der Waals surface area contributed by atoms with Crippen LogP contribution in [-0.4, -0.2) is 27.1 Å². The number of nitrogens with zero attached hydrogens (tertiary/aromatic N) is 1. The van der Waals surface area contributed by atoms with Crippen molar-refractivity contribution in [2.45, 2.75) is 18.5 Å². The van der Waals surface area contributed by atoms with Crippen molar-refractivity contribution >= 4 is 5.97 Å². The highest BCUT2D eigenvalue weighted by Gasteiger charge is 2.33. The standard InChI is InChI=1S/C13H12FN3O2/c14-8-3-1-2-7(4-8)11-12-9(15-6-16-12)5-10(17-11)13(18)19/h1-4,6,10-11,17H,5H2,(H,15,16)(H,18,19). The molecule has 3 rings (SSSR count). The van der Waals surface area contributed by atoms with Crippen molar-refractivity contribution in [2.75, 3.05) is 0 Å². The van der Waals surface area contributed by atoms with Gasteiger partial charge in [-0.25, -0.2) is 9.37 Å². The van der Waals surface area contributed by atoms with Gasteiger partial charge in [0, 0.05) is 12.1 Å². The molecule has 3 N–H and O–H groups in total. The van der Waals surface area contributed by atoms with Crippen LogP contribution >= 0.6 is 0 Å². The average Bonchev–Trinajstić information content (AvgIpc) is 2.85. The van der Waals surface area contributed by atoms with Gasteiger partial charge in [0.2, 0.25) is 0 Å². The highest BCUT2D eigenvalue weighted by atomic mass is 19.1. The minimum Gasteiger partial charge on any atom is -0.480 e. The van der Waals surface area contributed by atoms with Crippen LogP contribution in [0.15, 0.2) is 30.6 Å². The molecule has 0 bridgehead atoms. The Balaban J connectivity index is 2.03. The van der Waals surface area contributed by atoms with Gasteiger partial charge in [-0.15, -0.1) is 0 Å². The lowest BCUT2D eigenvalue weighted by atomic mass is 9.94. The van der Waals surface area contributed by atoms with Gasteiger partial charge in [0.25, 0.3) is 0 Å². The van der Waals surface area contributed by atoms with E-state index in [1.165, 1.54) is 18.5 Å². The van der Waals surface area contributed by atoms with Gasteiger partial charge in [0.15, 0.2) is 0 Å². The van der Waals surface area contributed by atoms with Gasteiger partial charge >= 0.3 is 5.97 Å². The van der Waals surface area contributed by atoms with Crippen LogP contribution in [0, 0.1) is 5.82 Å². The molecule has 19 heavy (non-hydrogen) atoms. The van der Waals surface area contributed by atoms with Gasteiger partial charge in [-0.1, -0.05) is 12.1 Å². The number of H-pyrrole nitrogens is 1. The summed E-state index contributed by atoms with van der Waals surface area (Å²) in [7, 11) is 0. The number of aromatic nitrogens is 2. The summed E-state index contributed by atoms with van der Waals surface area (Å²) in [5.74, 6) is -1.28. The van der Waals surface area contributed by atoms with Crippen molar-refractivity contribution in [2.24, 2.45) is 0 Å². The summed E-state index contributed by atoms with van der Waals surface area (Å²) in [5, 5.41) is 12.1. The Bertz CT molecular complexity index is 626. The molecule has 0 saturated heterocycles. The van der Waals surface area contributed by atoms with Crippen LogP contribution in [0.5, 0.6) is 0 Å². The molecule has 1 aromatic heterocycles. The molecule has 2 unspecified atom stereocenters. The molecule has 5 nitrogen and oxygen atoms in total. The van der Waals surface area contributed by atoms with E-state index >= 15 is 0 Å². The first kappa shape index (κ1) is 11.9. The van der Waals surface area contributed by atoms with Gasteiger partial charge in [0.1, 0.15) is 11.9 Å². The number of aliphatic carboxylic acids is 1. The predicted octanol–water partition coefficient (Wildman–Crippen LogP) is 1.24. The molecule has 1 aromatic carbocycles. The molecule has 98 valence electrons. The maximum atomic E-state index is 13.3. The number of imidazole rings is 1. The Hall–Kier alpha value is -2.21. The summed E-state index contributed by atoms with van der Waals surface area (Å²) in [4.78, 5) is 18.3. The number of carbonyl (C=O) groups is 1. The first-order valence-electron chi connectivity index (χ1n) is 5.91. The molecule has 6 heteroatoms. The molecular weight excluding hydrogens is 249 g/mol. The smallest absolute Gasteiger partial charge is 0.321 e. The molecule has 0 saturated carbocycles. The first-order chi connectivity index (χ1) is 9.15. The fourth-order valence-corrected chi connectivity index (χ4v) is 2.39. The number of hydrogen-bond acceptors (Lipinski definition) is 3. The number of carboxylic acids is 1. The Morgan fingerprint density at radius 3 is 3.05 bits per heavy atom. The van der Waals surface area contributed by atoms with Gasteiger partial charge in [-0.2, -0.15) is 0 Å². The van der Waals surface area contributed by atoms with Crippen LogP contribution in [0.25, 0.3) is 0 Å². The zero-order chi connectivity index (χ0) is 13.4. The number of fused-ring (bicyclic) bond motifs is 1. The van der Waals surface area contributed by atoms with E-state index in [0.717, 1.165) is 11.4 Å². The Morgan fingerprint density at radius 2 is 2.32 bits per heavy atom. The van der Waals surface area contributed by atoms with E-state index in [1.807, 2.05) is 0 Å². The van der Waals surface area contributed by atoms with Crippen LogP contribution in [0.4, 0.5) is 4.39 Å². The lowest BCUT2D eigenvalue weighted by Gasteiger charge is -2.28. The summed E-state index contributed by atoms with van der Waals surface area (Å²) >= 11 is 0. The summed E-state index contributed by atoms with van der Waals surface area (Å²) < 4.78 is 13.3. The van der Waals surface area contributed by atoms with Crippen molar-refractivity contribution in [3.63, 3.8) is 0 Å².